The molecule has 2 aromatic carbocycles. The molecule has 1 atom stereocenters. The molecule has 0 aliphatic carbocycles. The van der Waals surface area contributed by atoms with E-state index in [1.165, 1.54) is 0 Å². The maximum Gasteiger partial charge on any atom is 0.312 e. The molecule has 1 unspecified atom stereocenters. The zero-order valence-electron chi connectivity index (χ0n) is 15.4. The van der Waals surface area contributed by atoms with Crippen LogP contribution in [0, 0.1) is 0 Å². The van der Waals surface area contributed by atoms with E-state index in [0.717, 1.165) is 16.5 Å². The highest BCUT2D eigenvalue weighted by molar-refractivity contribution is 5.83. The summed E-state index contributed by atoms with van der Waals surface area (Å²) in [5.74, 6) is 1.40. The van der Waals surface area contributed by atoms with E-state index in [2.05, 4.69) is 0 Å². The number of fused-ring (bicyclic) bond motifs is 3. The summed E-state index contributed by atoms with van der Waals surface area (Å²) in [4.78, 5) is 25.4. The second-order valence-electron chi connectivity index (χ2n) is 6.86. The van der Waals surface area contributed by atoms with Crippen molar-refractivity contribution >= 4 is 16.9 Å². The van der Waals surface area contributed by atoms with Crippen molar-refractivity contribution in [3.63, 3.8) is 0 Å². The Labute approximate surface area is 160 Å². The minimum Gasteiger partial charge on any atom is -0.497 e. The normalized spacial score (nSPS) is 17.4. The number of hydrogen-bond acceptors (Lipinski definition) is 6. The fourth-order valence-electron chi connectivity index (χ4n) is 3.86. The van der Waals surface area contributed by atoms with Crippen LogP contribution in [0.4, 0.5) is 0 Å². The van der Waals surface area contributed by atoms with Gasteiger partial charge in [0.1, 0.15) is 11.5 Å². The van der Waals surface area contributed by atoms with Crippen LogP contribution in [0.3, 0.4) is 0 Å². The molecule has 0 spiro atoms. The lowest BCUT2D eigenvalue weighted by Crippen LogP contribution is -2.28. The number of aromatic nitrogens is 1. The molecule has 0 saturated carbocycles. The molecule has 5 rings (SSSR count). The number of pyridine rings is 1. The molecule has 0 radical (unpaired) electrons. The van der Waals surface area contributed by atoms with Crippen LogP contribution in [0.15, 0.2) is 41.2 Å². The number of rotatable bonds is 2. The molecule has 28 heavy (non-hydrogen) atoms. The lowest BCUT2D eigenvalue weighted by atomic mass is 9.86. The van der Waals surface area contributed by atoms with Gasteiger partial charge in [0.25, 0.3) is 5.56 Å². The second-order valence-corrected chi connectivity index (χ2v) is 6.86. The molecular formula is C21H17NO6. The minimum atomic E-state index is -0.420. The molecule has 2 aliphatic rings. The van der Waals surface area contributed by atoms with Gasteiger partial charge in [0.2, 0.25) is 6.79 Å². The predicted octanol–water partition coefficient (Wildman–Crippen LogP) is 2.72. The van der Waals surface area contributed by atoms with E-state index in [1.807, 2.05) is 24.3 Å². The summed E-state index contributed by atoms with van der Waals surface area (Å²) in [5.41, 5.74) is 1.88. The highest BCUT2D eigenvalue weighted by Gasteiger charge is 2.33. The Morgan fingerprint density at radius 1 is 1.00 bits per heavy atom. The van der Waals surface area contributed by atoms with Gasteiger partial charge in [-0.2, -0.15) is 0 Å². The van der Waals surface area contributed by atoms with Crippen molar-refractivity contribution < 1.29 is 23.7 Å². The first-order chi connectivity index (χ1) is 13.5. The van der Waals surface area contributed by atoms with E-state index < -0.39 is 5.92 Å². The third-order valence-corrected chi connectivity index (χ3v) is 5.31. The van der Waals surface area contributed by atoms with Crippen molar-refractivity contribution in [2.75, 3.05) is 13.9 Å². The molecule has 0 bridgehead atoms. The second kappa shape index (κ2) is 6.02. The van der Waals surface area contributed by atoms with Crippen molar-refractivity contribution in [3.05, 3.63) is 57.9 Å². The standard InChI is InChI=1S/C21H17NO6/c1-22-16-6-12(25-2)4-3-11(16)5-15(21(22)24)13-8-20(23)28-17-9-19-18(7-14(13)17)26-10-27-19/h3-7,9,13H,8,10H2,1-2H3. The lowest BCUT2D eigenvalue weighted by molar-refractivity contribution is -0.135. The first-order valence-corrected chi connectivity index (χ1v) is 8.87. The van der Waals surface area contributed by atoms with Crippen molar-refractivity contribution in [2.24, 2.45) is 7.05 Å². The van der Waals surface area contributed by atoms with Gasteiger partial charge in [0.15, 0.2) is 11.5 Å². The third-order valence-electron chi connectivity index (χ3n) is 5.31. The highest BCUT2D eigenvalue weighted by atomic mass is 16.7. The number of esters is 1. The number of aryl methyl sites for hydroxylation is 1. The van der Waals surface area contributed by atoms with Gasteiger partial charge in [-0.15, -0.1) is 0 Å². The van der Waals surface area contributed by atoms with Gasteiger partial charge in [-0.1, -0.05) is 0 Å². The van der Waals surface area contributed by atoms with Crippen molar-refractivity contribution in [2.45, 2.75) is 12.3 Å². The molecule has 7 heteroatoms. The van der Waals surface area contributed by atoms with Crippen LogP contribution in [0.1, 0.15) is 23.5 Å². The van der Waals surface area contributed by atoms with Gasteiger partial charge in [0.05, 0.1) is 19.0 Å². The molecule has 0 saturated heterocycles. The molecule has 142 valence electrons. The molecule has 0 amide bonds. The van der Waals surface area contributed by atoms with Crippen molar-refractivity contribution in [3.8, 4) is 23.0 Å². The SMILES string of the molecule is COc1ccc2cc(C3CC(=O)Oc4cc5c(cc43)OCO5)c(=O)n(C)c2c1. The maximum atomic E-state index is 13.1. The summed E-state index contributed by atoms with van der Waals surface area (Å²) in [5, 5.41) is 0.888. The summed E-state index contributed by atoms with van der Waals surface area (Å²) in [7, 11) is 3.30. The summed E-state index contributed by atoms with van der Waals surface area (Å²) < 4.78 is 23.1. The number of hydrogen-bond donors (Lipinski definition) is 0. The largest absolute Gasteiger partial charge is 0.497 e. The predicted molar refractivity (Wildman–Crippen MR) is 100 cm³/mol. The highest BCUT2D eigenvalue weighted by Crippen LogP contribution is 2.45. The van der Waals surface area contributed by atoms with Crippen molar-refractivity contribution in [1.29, 1.82) is 0 Å². The molecule has 3 aromatic rings. The van der Waals surface area contributed by atoms with Crippen LogP contribution in [0.25, 0.3) is 10.9 Å². The Morgan fingerprint density at radius 3 is 2.57 bits per heavy atom. The quantitative estimate of drug-likeness (QED) is 0.503. The monoisotopic (exact) mass is 379 g/mol. The fourth-order valence-corrected chi connectivity index (χ4v) is 3.86. The minimum absolute atomic E-state index is 0.0869. The molecule has 0 fully saturated rings. The number of benzene rings is 2. The summed E-state index contributed by atoms with van der Waals surface area (Å²) in [6, 6.07) is 10.9. The maximum absolute atomic E-state index is 13.1. The molecule has 7 nitrogen and oxygen atoms in total. The van der Waals surface area contributed by atoms with Crippen LogP contribution >= 0.6 is 0 Å². The Kier molecular flexibility index (Phi) is 3.58. The average molecular weight is 379 g/mol. The third kappa shape index (κ3) is 2.43. The average Bonchev–Trinajstić information content (AvgIpc) is 3.15. The summed E-state index contributed by atoms with van der Waals surface area (Å²) >= 11 is 0. The fraction of sp³-hybridized carbons (Fsp3) is 0.238. The van der Waals surface area contributed by atoms with E-state index >= 15 is 0 Å². The van der Waals surface area contributed by atoms with Gasteiger partial charge in [-0.3, -0.25) is 9.59 Å². The number of nitrogens with zero attached hydrogens (tertiary/aromatic N) is 1. The molecular weight excluding hydrogens is 362 g/mol. The van der Waals surface area contributed by atoms with E-state index in [9.17, 15) is 9.59 Å². The Hall–Kier alpha value is -3.48. The Bertz CT molecular complexity index is 1200. The smallest absolute Gasteiger partial charge is 0.312 e. The lowest BCUT2D eigenvalue weighted by Gasteiger charge is -2.25. The van der Waals surface area contributed by atoms with Crippen LogP contribution < -0.4 is 24.5 Å². The summed E-state index contributed by atoms with van der Waals surface area (Å²) in [6.45, 7) is 0.121. The van der Waals surface area contributed by atoms with Gasteiger partial charge >= 0.3 is 5.97 Å². The van der Waals surface area contributed by atoms with Crippen LogP contribution in [-0.2, 0) is 11.8 Å². The van der Waals surface area contributed by atoms with Gasteiger partial charge < -0.3 is 23.5 Å². The number of carbonyl (C=O) groups excluding carboxylic acids is 1. The first kappa shape index (κ1) is 16.7. The molecule has 0 N–H and O–H groups in total. The Morgan fingerprint density at radius 2 is 1.79 bits per heavy atom. The molecule has 3 heterocycles. The van der Waals surface area contributed by atoms with Crippen LogP contribution in [0.2, 0.25) is 0 Å². The molecule has 1 aromatic heterocycles. The van der Waals surface area contributed by atoms with Crippen molar-refractivity contribution in [1.82, 2.24) is 4.57 Å². The van der Waals surface area contributed by atoms with Gasteiger partial charge in [-0.05, 0) is 29.7 Å². The number of ether oxygens (including phenoxy) is 4. The van der Waals surface area contributed by atoms with Crippen LogP contribution in [-0.4, -0.2) is 24.4 Å². The van der Waals surface area contributed by atoms with E-state index in [1.54, 1.807) is 30.9 Å². The molecule has 2 aliphatic heterocycles. The van der Waals surface area contributed by atoms with Gasteiger partial charge in [-0.25, -0.2) is 0 Å². The number of methoxy groups -OCH3 is 1. The van der Waals surface area contributed by atoms with E-state index in [-0.39, 0.29) is 24.7 Å². The van der Waals surface area contributed by atoms with Gasteiger partial charge in [0, 0.05) is 36.2 Å². The summed E-state index contributed by atoms with van der Waals surface area (Å²) in [6.07, 6.45) is 0.0869. The zero-order chi connectivity index (χ0) is 19.4. The zero-order valence-corrected chi connectivity index (χ0v) is 15.4. The van der Waals surface area contributed by atoms with E-state index in [4.69, 9.17) is 18.9 Å². The Balaban J connectivity index is 1.72. The topological polar surface area (TPSA) is 76.0 Å². The number of carbonyl (C=O) groups is 1. The first-order valence-electron chi connectivity index (χ1n) is 8.87. The van der Waals surface area contributed by atoms with E-state index in [0.29, 0.717) is 28.6 Å². The van der Waals surface area contributed by atoms with Crippen LogP contribution in [0.5, 0.6) is 23.0 Å².